The Morgan fingerprint density at radius 1 is 0.737 bits per heavy atom. The van der Waals surface area contributed by atoms with Gasteiger partial charge in [0, 0.05) is 0 Å². The molecule has 3 aromatic carbocycles. The van der Waals surface area contributed by atoms with Crippen LogP contribution in [0, 0.1) is 0 Å². The van der Waals surface area contributed by atoms with Gasteiger partial charge in [0.05, 0.1) is 16.7 Å². The molecular formula is C29H26O8S. The number of thioether (sulfide) groups is 1. The van der Waals surface area contributed by atoms with Gasteiger partial charge in [-0.2, -0.15) is 0 Å². The molecule has 0 radical (unpaired) electrons. The van der Waals surface area contributed by atoms with Gasteiger partial charge in [-0.05, 0) is 42.2 Å². The van der Waals surface area contributed by atoms with Crippen LogP contribution in [0.5, 0.6) is 0 Å². The van der Waals surface area contributed by atoms with Crippen molar-refractivity contribution in [3.8, 4) is 0 Å². The van der Waals surface area contributed by atoms with Crippen molar-refractivity contribution in [2.24, 2.45) is 0 Å². The second kappa shape index (κ2) is 13.0. The van der Waals surface area contributed by atoms with E-state index in [0.29, 0.717) is 11.3 Å². The molecule has 0 unspecified atom stereocenters. The van der Waals surface area contributed by atoms with Gasteiger partial charge < -0.3 is 18.9 Å². The van der Waals surface area contributed by atoms with Gasteiger partial charge in [-0.3, -0.25) is 4.79 Å². The lowest BCUT2D eigenvalue weighted by atomic mass is 10.0. The zero-order valence-electron chi connectivity index (χ0n) is 20.6. The van der Waals surface area contributed by atoms with E-state index in [1.807, 2.05) is 6.92 Å². The number of rotatable bonds is 9. The first-order valence-corrected chi connectivity index (χ1v) is 13.1. The Kier molecular flexibility index (Phi) is 9.29. The Labute approximate surface area is 224 Å². The quantitative estimate of drug-likeness (QED) is 0.293. The summed E-state index contributed by atoms with van der Waals surface area (Å²) in [6, 6.07) is 24.7. The van der Waals surface area contributed by atoms with Gasteiger partial charge in [0.1, 0.15) is 12.7 Å². The molecule has 3 aromatic rings. The van der Waals surface area contributed by atoms with Crippen LogP contribution >= 0.6 is 11.8 Å². The molecule has 4 rings (SSSR count). The van der Waals surface area contributed by atoms with E-state index in [2.05, 4.69) is 0 Å². The lowest BCUT2D eigenvalue weighted by Crippen LogP contribution is -2.58. The smallest absolute Gasteiger partial charge is 0.338 e. The number of benzene rings is 3. The summed E-state index contributed by atoms with van der Waals surface area (Å²) in [6.45, 7) is 1.51. The van der Waals surface area contributed by atoms with Crippen molar-refractivity contribution < 1.29 is 38.1 Å². The molecule has 196 valence electrons. The minimum Gasteiger partial charge on any atom is -0.459 e. The van der Waals surface area contributed by atoms with Gasteiger partial charge in [-0.1, -0.05) is 61.5 Å². The van der Waals surface area contributed by atoms with Crippen molar-refractivity contribution in [1.29, 1.82) is 0 Å². The van der Waals surface area contributed by atoms with E-state index >= 15 is 0 Å². The maximum absolute atomic E-state index is 13.4. The highest BCUT2D eigenvalue weighted by Gasteiger charge is 2.50. The summed E-state index contributed by atoms with van der Waals surface area (Å²) in [4.78, 5) is 51.9. The van der Waals surface area contributed by atoms with Crippen LogP contribution < -0.4 is 0 Å². The maximum atomic E-state index is 13.4. The van der Waals surface area contributed by atoms with Crippen LogP contribution in [0.4, 0.5) is 0 Å². The Balaban J connectivity index is 1.62. The molecule has 1 aliphatic heterocycles. The molecule has 38 heavy (non-hydrogen) atoms. The highest BCUT2D eigenvalue weighted by Crippen LogP contribution is 2.30. The minimum atomic E-state index is -1.48. The first kappa shape index (κ1) is 27.1. The van der Waals surface area contributed by atoms with E-state index in [1.165, 1.54) is 11.8 Å². The molecular weight excluding hydrogens is 508 g/mol. The monoisotopic (exact) mass is 534 g/mol. The molecule has 0 bridgehead atoms. The Morgan fingerprint density at radius 2 is 1.21 bits per heavy atom. The molecule has 1 fully saturated rings. The maximum Gasteiger partial charge on any atom is 0.338 e. The normalized spacial score (nSPS) is 20.8. The number of ketones is 1. The summed E-state index contributed by atoms with van der Waals surface area (Å²) in [6.07, 6.45) is -3.92. The van der Waals surface area contributed by atoms with Gasteiger partial charge >= 0.3 is 17.9 Å². The number of hydrogen-bond acceptors (Lipinski definition) is 9. The fourth-order valence-corrected chi connectivity index (χ4v) is 4.63. The largest absolute Gasteiger partial charge is 0.459 e. The summed E-state index contributed by atoms with van der Waals surface area (Å²) in [7, 11) is 0. The number of hydrogen-bond donors (Lipinski definition) is 0. The first-order chi connectivity index (χ1) is 18.5. The van der Waals surface area contributed by atoms with Crippen LogP contribution in [-0.2, 0) is 23.7 Å². The zero-order chi connectivity index (χ0) is 26.9. The highest BCUT2D eigenvalue weighted by molar-refractivity contribution is 8.00. The van der Waals surface area contributed by atoms with Crippen molar-refractivity contribution in [3.05, 3.63) is 108 Å². The number of carbonyl (C=O) groups excluding carboxylic acids is 4. The van der Waals surface area contributed by atoms with Crippen molar-refractivity contribution in [1.82, 2.24) is 0 Å². The molecule has 4 atom stereocenters. The predicted molar refractivity (Wildman–Crippen MR) is 140 cm³/mol. The minimum absolute atomic E-state index is 0.228. The van der Waals surface area contributed by atoms with E-state index in [-0.39, 0.29) is 17.7 Å². The van der Waals surface area contributed by atoms with E-state index in [4.69, 9.17) is 18.9 Å². The molecule has 0 saturated carbocycles. The van der Waals surface area contributed by atoms with Crippen molar-refractivity contribution >= 4 is 35.5 Å². The van der Waals surface area contributed by atoms with E-state index in [1.54, 1.807) is 91.0 Å². The average molecular weight is 535 g/mol. The average Bonchev–Trinajstić information content (AvgIpc) is 2.96. The molecule has 0 aliphatic carbocycles. The van der Waals surface area contributed by atoms with Gasteiger partial charge in [0.15, 0.2) is 11.5 Å². The molecule has 9 heteroatoms. The SMILES string of the molecule is CCS[C@@H]1O[C@H](COC(=O)c2ccccc2)[C@@H](OC(=O)c2ccccc2)[C@H](OC(=O)c2ccccc2)C1=O. The summed E-state index contributed by atoms with van der Waals surface area (Å²) in [5, 5.41) is 0. The zero-order valence-corrected chi connectivity index (χ0v) is 21.4. The lowest BCUT2D eigenvalue weighted by molar-refractivity contribution is -0.177. The fraction of sp³-hybridized carbons (Fsp3) is 0.241. The Morgan fingerprint density at radius 3 is 1.71 bits per heavy atom. The summed E-state index contributed by atoms with van der Waals surface area (Å²) in [5.41, 5.74) is -0.228. The van der Waals surface area contributed by atoms with E-state index in [9.17, 15) is 19.2 Å². The fourth-order valence-electron chi connectivity index (χ4n) is 3.80. The van der Waals surface area contributed by atoms with Crippen LogP contribution in [0.25, 0.3) is 0 Å². The van der Waals surface area contributed by atoms with Crippen LogP contribution in [0.2, 0.25) is 0 Å². The second-order valence-corrected chi connectivity index (χ2v) is 9.60. The van der Waals surface area contributed by atoms with Crippen LogP contribution in [0.3, 0.4) is 0 Å². The second-order valence-electron chi connectivity index (χ2n) is 8.26. The molecule has 0 aromatic heterocycles. The Bertz CT molecular complexity index is 1250. The molecule has 0 amide bonds. The van der Waals surface area contributed by atoms with Gasteiger partial charge in [-0.15, -0.1) is 11.8 Å². The lowest BCUT2D eigenvalue weighted by Gasteiger charge is -2.39. The summed E-state index contributed by atoms with van der Waals surface area (Å²) >= 11 is 1.19. The van der Waals surface area contributed by atoms with Gasteiger partial charge in [0.25, 0.3) is 0 Å². The third-order valence-corrected chi connectivity index (χ3v) is 6.66. The molecule has 1 saturated heterocycles. The number of Topliss-reactive ketones (excluding diaryl/α,β-unsaturated/α-hetero) is 1. The molecule has 0 spiro atoms. The summed E-state index contributed by atoms with van der Waals surface area (Å²) in [5.74, 6) is -2.14. The van der Waals surface area contributed by atoms with Crippen LogP contribution in [-0.4, -0.2) is 59.8 Å². The number of ether oxygens (including phenoxy) is 4. The van der Waals surface area contributed by atoms with Crippen LogP contribution in [0.1, 0.15) is 38.0 Å². The highest BCUT2D eigenvalue weighted by atomic mass is 32.2. The van der Waals surface area contributed by atoms with Crippen LogP contribution in [0.15, 0.2) is 91.0 Å². The van der Waals surface area contributed by atoms with E-state index < -0.39 is 47.4 Å². The van der Waals surface area contributed by atoms with Gasteiger partial charge in [-0.25, -0.2) is 14.4 Å². The summed E-state index contributed by atoms with van der Waals surface area (Å²) < 4.78 is 22.8. The van der Waals surface area contributed by atoms with E-state index in [0.717, 1.165) is 0 Å². The van der Waals surface area contributed by atoms with Gasteiger partial charge in [0.2, 0.25) is 11.9 Å². The third kappa shape index (κ3) is 6.67. The van der Waals surface area contributed by atoms with Crippen molar-refractivity contribution in [2.75, 3.05) is 12.4 Å². The molecule has 8 nitrogen and oxygen atoms in total. The Hall–Kier alpha value is -3.95. The predicted octanol–water partition coefficient (Wildman–Crippen LogP) is 4.34. The number of carbonyl (C=O) groups is 4. The van der Waals surface area contributed by atoms with Crippen molar-refractivity contribution in [3.63, 3.8) is 0 Å². The number of esters is 3. The first-order valence-electron chi connectivity index (χ1n) is 12.0. The van der Waals surface area contributed by atoms with Crippen molar-refractivity contribution in [2.45, 2.75) is 30.7 Å². The topological polar surface area (TPSA) is 105 Å². The molecule has 1 heterocycles. The third-order valence-electron chi connectivity index (χ3n) is 5.68. The molecule has 1 aliphatic rings. The standard InChI is InChI=1S/C29H26O8S/c1-2-38-29-23(30)25(37-28(33)21-16-10-5-11-17-21)24(36-27(32)20-14-8-4-9-15-20)22(35-29)18-34-26(31)19-12-6-3-7-13-19/h3-17,22,24-25,29H,2,18H2,1H3/t22-,24-,25-,29+/m1/s1. The molecule has 0 N–H and O–H groups in total.